The van der Waals surface area contributed by atoms with Gasteiger partial charge in [0.2, 0.25) is 5.91 Å². The Hall–Kier alpha value is -7.10. The number of rotatable bonds is 17. The topological polar surface area (TPSA) is 304 Å². The van der Waals surface area contributed by atoms with Crippen LogP contribution in [0.15, 0.2) is 99.9 Å². The van der Waals surface area contributed by atoms with E-state index in [1.54, 1.807) is 38.9 Å². The minimum atomic E-state index is -1.22. The van der Waals surface area contributed by atoms with Crippen LogP contribution in [0.25, 0.3) is 21.7 Å². The molecular weight excluding hydrogens is 907 g/mol. The molecule has 0 saturated carbocycles. The largest absolute Gasteiger partial charge is 0.453 e. The molecule has 0 radical (unpaired) electrons. The molecule has 4 aromatic rings. The van der Waals surface area contributed by atoms with Crippen LogP contribution in [0.2, 0.25) is 0 Å². The highest BCUT2D eigenvalue weighted by Crippen LogP contribution is 2.30. The van der Waals surface area contributed by atoms with Crippen molar-refractivity contribution in [2.45, 2.75) is 110 Å². The number of nitrogens with zero attached hydrogens (tertiary/aromatic N) is 6. The van der Waals surface area contributed by atoms with E-state index in [1.807, 2.05) is 93.6 Å². The quantitative estimate of drug-likeness (QED) is 0.0341. The van der Waals surface area contributed by atoms with Crippen LogP contribution < -0.4 is 32.6 Å². The molecule has 3 heterocycles. The third kappa shape index (κ3) is 16.3. The second-order valence-electron chi connectivity index (χ2n) is 18.8. The van der Waals surface area contributed by atoms with E-state index in [0.717, 1.165) is 22.4 Å². The molecule has 2 aromatic heterocycles. The van der Waals surface area contributed by atoms with Gasteiger partial charge in [0.25, 0.3) is 11.5 Å². The van der Waals surface area contributed by atoms with Gasteiger partial charge in [0, 0.05) is 47.9 Å². The second kappa shape index (κ2) is 25.5. The fourth-order valence-electron chi connectivity index (χ4n) is 7.42. The summed E-state index contributed by atoms with van der Waals surface area (Å²) in [4.78, 5) is 84.2. The van der Waals surface area contributed by atoms with Gasteiger partial charge >= 0.3 is 17.9 Å². The zero-order valence-corrected chi connectivity index (χ0v) is 40.9. The molecule has 22 heteroatoms. The standard InChI is InChI=1S/C38H52N6O7.C10H13N5O4/c1-37(2,3)31(41-35(48)50-7)33(46)40-29(22-25-14-10-9-11-15-25)30(45)24-44(43-34(47)32(38(4,5)6)42-36(49)51-8)23-26-17-19-27(20-18-26)28-16-12-13-21-39-28;1-5-3-15(10(18)12-9(5)17)8-2-6(13-14-11)7(4-16)19-8/h9-21,29-32,45H,22-24H2,1-8H3,(H,40,46)(H,41,48)(H,42,49)(H,43,47);3,6-8,16H,2,4H2,1H3,(H,12,17,18)/t29-,30-,31+,32+;6-,7+,8+/m00/s1. The van der Waals surface area contributed by atoms with Crippen LogP contribution >= 0.6 is 0 Å². The predicted octanol–water partition coefficient (Wildman–Crippen LogP) is 4.02. The molecule has 4 amide bonds. The third-order valence-corrected chi connectivity index (χ3v) is 11.2. The van der Waals surface area contributed by atoms with E-state index < -0.39 is 88.7 Å². The Morgan fingerprint density at radius 2 is 1.50 bits per heavy atom. The fourth-order valence-corrected chi connectivity index (χ4v) is 7.42. The van der Waals surface area contributed by atoms with Crippen molar-refractivity contribution in [2.75, 3.05) is 27.4 Å². The number of ether oxygens (including phenoxy) is 3. The van der Waals surface area contributed by atoms with Crippen molar-refractivity contribution in [1.29, 1.82) is 0 Å². The smallest absolute Gasteiger partial charge is 0.407 e. The minimum Gasteiger partial charge on any atom is -0.453 e. The number of pyridine rings is 1. The normalized spacial score (nSPS) is 17.3. The van der Waals surface area contributed by atoms with Gasteiger partial charge in [0.1, 0.15) is 18.3 Å². The van der Waals surface area contributed by atoms with Crippen molar-refractivity contribution in [3.8, 4) is 11.3 Å². The number of hydrogen-bond acceptors (Lipinski definition) is 14. The van der Waals surface area contributed by atoms with Crippen molar-refractivity contribution in [1.82, 2.24) is 40.9 Å². The Morgan fingerprint density at radius 1 is 0.900 bits per heavy atom. The summed E-state index contributed by atoms with van der Waals surface area (Å²) in [5.74, 6) is -1.03. The molecular formula is C48H65N11O11. The Labute approximate surface area is 405 Å². The Kier molecular flexibility index (Phi) is 20.2. The lowest BCUT2D eigenvalue weighted by molar-refractivity contribution is -0.132. The summed E-state index contributed by atoms with van der Waals surface area (Å²) in [6, 6.07) is 19.3. The second-order valence-corrected chi connectivity index (χ2v) is 18.8. The summed E-state index contributed by atoms with van der Waals surface area (Å²) < 4.78 is 16.2. The summed E-state index contributed by atoms with van der Waals surface area (Å²) in [5, 5.41) is 34.2. The maximum absolute atomic E-state index is 13.8. The van der Waals surface area contributed by atoms with Crippen LogP contribution in [0.3, 0.4) is 0 Å². The zero-order valence-electron chi connectivity index (χ0n) is 40.9. The average Bonchev–Trinajstić information content (AvgIpc) is 3.73. The monoisotopic (exact) mass is 971 g/mol. The number of carbonyl (C=O) groups excluding carboxylic acids is 4. The number of methoxy groups -OCH3 is 2. The number of alkyl carbamates (subject to hydrolysis) is 2. The molecule has 5 rings (SSSR count). The Balaban J connectivity index is 0.000000465. The lowest BCUT2D eigenvalue weighted by atomic mass is 9.85. The molecule has 378 valence electrons. The number of carbonyl (C=O) groups is 4. The number of aliphatic hydroxyl groups is 2. The van der Waals surface area contributed by atoms with Crippen LogP contribution in [0, 0.1) is 17.8 Å². The first kappa shape index (κ1) is 55.5. The number of aryl methyl sites for hydroxylation is 1. The van der Waals surface area contributed by atoms with Gasteiger partial charge < -0.3 is 40.4 Å². The van der Waals surface area contributed by atoms with Crippen LogP contribution in [0.5, 0.6) is 0 Å². The lowest BCUT2D eigenvalue weighted by Gasteiger charge is -2.35. The van der Waals surface area contributed by atoms with Crippen molar-refractivity contribution in [3.05, 3.63) is 133 Å². The number of aliphatic hydroxyl groups excluding tert-OH is 2. The van der Waals surface area contributed by atoms with Gasteiger partial charge in [-0.25, -0.2) is 19.4 Å². The van der Waals surface area contributed by atoms with Gasteiger partial charge in [-0.2, -0.15) is 0 Å². The predicted molar refractivity (Wildman–Crippen MR) is 258 cm³/mol. The van der Waals surface area contributed by atoms with E-state index in [4.69, 9.17) is 24.8 Å². The minimum absolute atomic E-state index is 0.120. The summed E-state index contributed by atoms with van der Waals surface area (Å²) in [5.41, 5.74) is 12.6. The molecule has 2 aromatic carbocycles. The summed E-state index contributed by atoms with van der Waals surface area (Å²) >= 11 is 0. The average molecular weight is 972 g/mol. The number of amides is 4. The van der Waals surface area contributed by atoms with Crippen LogP contribution in [0.4, 0.5) is 9.59 Å². The molecule has 0 unspecified atom stereocenters. The van der Waals surface area contributed by atoms with Gasteiger partial charge in [0.15, 0.2) is 0 Å². The number of nitrogens with one attached hydrogen (secondary N) is 5. The number of aromatic nitrogens is 3. The molecule has 70 heavy (non-hydrogen) atoms. The van der Waals surface area contributed by atoms with Gasteiger partial charge in [-0.05, 0) is 53.0 Å². The van der Waals surface area contributed by atoms with E-state index in [1.165, 1.54) is 25.0 Å². The number of hydrogen-bond donors (Lipinski definition) is 7. The first-order valence-electron chi connectivity index (χ1n) is 22.5. The van der Waals surface area contributed by atoms with E-state index >= 15 is 0 Å². The lowest BCUT2D eigenvalue weighted by Crippen LogP contribution is -2.60. The van der Waals surface area contributed by atoms with Crippen LogP contribution in [-0.2, 0) is 36.8 Å². The van der Waals surface area contributed by atoms with E-state index in [9.17, 15) is 33.9 Å². The highest BCUT2D eigenvalue weighted by Gasteiger charge is 2.38. The first-order valence-corrected chi connectivity index (χ1v) is 22.5. The van der Waals surface area contributed by atoms with Gasteiger partial charge in [0.05, 0.1) is 50.8 Å². The van der Waals surface area contributed by atoms with Crippen LogP contribution in [0.1, 0.15) is 70.9 Å². The third-order valence-electron chi connectivity index (χ3n) is 11.2. The van der Waals surface area contributed by atoms with Crippen molar-refractivity contribution in [2.24, 2.45) is 15.9 Å². The van der Waals surface area contributed by atoms with E-state index in [2.05, 4.69) is 41.4 Å². The molecule has 7 atom stereocenters. The fraction of sp³-hybridized carbons (Fsp3) is 0.479. The number of aromatic amines is 1. The summed E-state index contributed by atoms with van der Waals surface area (Å²) in [6.45, 7) is 12.1. The van der Waals surface area contributed by atoms with Crippen molar-refractivity contribution < 1.29 is 43.6 Å². The summed E-state index contributed by atoms with van der Waals surface area (Å²) in [6.07, 6.45) is -0.450. The Morgan fingerprint density at radius 3 is 2.04 bits per heavy atom. The Bertz CT molecular complexity index is 2520. The molecule has 1 aliphatic heterocycles. The zero-order chi connectivity index (χ0) is 51.8. The van der Waals surface area contributed by atoms with Gasteiger partial charge in [-0.3, -0.25) is 34.3 Å². The number of azide groups is 1. The molecule has 1 fully saturated rings. The highest BCUT2D eigenvalue weighted by molar-refractivity contribution is 5.87. The van der Waals surface area contributed by atoms with Crippen LogP contribution in [-0.4, -0.2) is 118 Å². The molecule has 22 nitrogen and oxygen atoms in total. The van der Waals surface area contributed by atoms with E-state index in [0.29, 0.717) is 5.56 Å². The SMILES string of the molecule is COC(=O)N[C@H](C(=O)N[C@@H](Cc1ccccc1)[C@@H](O)CN(Cc1ccc(-c2ccccn2)cc1)NC(=O)[C@@H](NC(=O)OC)C(C)(C)C)C(C)(C)C.Cc1cn([C@H]2C[C@H](N=[N+]=[N-])[C@@H](CO)O2)c(=O)[nH]c1=O. The van der Waals surface area contributed by atoms with Crippen molar-refractivity contribution >= 4 is 24.0 Å². The van der Waals surface area contributed by atoms with E-state index in [-0.39, 0.29) is 32.5 Å². The van der Waals surface area contributed by atoms with Gasteiger partial charge in [-0.15, -0.1) is 0 Å². The maximum Gasteiger partial charge on any atom is 0.407 e. The van der Waals surface area contributed by atoms with Gasteiger partial charge in [-0.1, -0.05) is 107 Å². The molecule has 7 N–H and O–H groups in total. The molecule has 0 bridgehead atoms. The molecule has 1 aliphatic rings. The first-order chi connectivity index (χ1) is 33.1. The molecule has 1 saturated heterocycles. The van der Waals surface area contributed by atoms with Crippen molar-refractivity contribution in [3.63, 3.8) is 0 Å². The molecule has 0 spiro atoms. The summed E-state index contributed by atoms with van der Waals surface area (Å²) in [7, 11) is 2.44. The maximum atomic E-state index is 13.8. The molecule has 0 aliphatic carbocycles. The number of H-pyrrole nitrogens is 1. The highest BCUT2D eigenvalue weighted by atomic mass is 16.5. The number of benzene rings is 2. The number of hydrazine groups is 1.